The van der Waals surface area contributed by atoms with Crippen LogP contribution in [0.2, 0.25) is 0 Å². The highest BCUT2D eigenvalue weighted by molar-refractivity contribution is 5.36. The number of hydrogen-bond acceptors (Lipinski definition) is 5. The van der Waals surface area contributed by atoms with Gasteiger partial charge in [0.15, 0.2) is 0 Å². The summed E-state index contributed by atoms with van der Waals surface area (Å²) in [5, 5.41) is 19.4. The zero-order valence-corrected chi connectivity index (χ0v) is 9.56. The van der Waals surface area contributed by atoms with E-state index in [0.717, 1.165) is 6.07 Å². The van der Waals surface area contributed by atoms with Gasteiger partial charge in [0.1, 0.15) is 17.6 Å². The third-order valence-corrected chi connectivity index (χ3v) is 2.45. The Bertz CT molecular complexity index is 409. The molecule has 0 aromatic carbocycles. The maximum absolute atomic E-state index is 11.1. The monoisotopic (exact) mass is 228 g/mol. The summed E-state index contributed by atoms with van der Waals surface area (Å²) in [7, 11) is 1.39. The number of aliphatic hydroxyl groups is 2. The summed E-state index contributed by atoms with van der Waals surface area (Å²) >= 11 is 0. The Morgan fingerprint density at radius 1 is 1.50 bits per heavy atom. The van der Waals surface area contributed by atoms with Gasteiger partial charge in [0.05, 0.1) is 24.8 Å². The summed E-state index contributed by atoms with van der Waals surface area (Å²) < 4.78 is 9.85. The van der Waals surface area contributed by atoms with E-state index in [1.165, 1.54) is 7.11 Å². The summed E-state index contributed by atoms with van der Waals surface area (Å²) in [6.45, 7) is 3.29. The zero-order chi connectivity index (χ0) is 12.3. The van der Waals surface area contributed by atoms with Crippen LogP contribution in [0.5, 0.6) is 5.75 Å². The molecule has 0 amide bonds. The second-order valence-electron chi connectivity index (χ2n) is 3.52. The Hall–Kier alpha value is -1.33. The average Bonchev–Trinajstić information content (AvgIpc) is 2.26. The summed E-state index contributed by atoms with van der Waals surface area (Å²) in [4.78, 5) is 11.1. The first-order valence-corrected chi connectivity index (χ1v) is 5.06. The van der Waals surface area contributed by atoms with Crippen molar-refractivity contribution in [2.45, 2.75) is 32.5 Å². The molecule has 0 spiro atoms. The summed E-state index contributed by atoms with van der Waals surface area (Å²) in [5.74, 6) is 0.484. The van der Waals surface area contributed by atoms with Gasteiger partial charge < -0.3 is 19.4 Å². The fourth-order valence-electron chi connectivity index (χ4n) is 1.53. The first-order chi connectivity index (χ1) is 7.51. The van der Waals surface area contributed by atoms with Crippen molar-refractivity contribution in [3.8, 4) is 5.75 Å². The minimum atomic E-state index is -1.12. The molecule has 0 saturated heterocycles. The van der Waals surface area contributed by atoms with Crippen LogP contribution in [0.3, 0.4) is 0 Å². The van der Waals surface area contributed by atoms with E-state index >= 15 is 0 Å². The lowest BCUT2D eigenvalue weighted by Crippen LogP contribution is -2.20. The molecule has 0 bridgehead atoms. The molecule has 0 unspecified atom stereocenters. The number of hydrogen-bond donors (Lipinski definition) is 2. The Kier molecular flexibility index (Phi) is 4.09. The van der Waals surface area contributed by atoms with Crippen molar-refractivity contribution >= 4 is 0 Å². The minimum absolute atomic E-state index is 0.230. The van der Waals surface area contributed by atoms with E-state index in [1.807, 2.05) is 0 Å². The van der Waals surface area contributed by atoms with Crippen molar-refractivity contribution in [3.63, 3.8) is 0 Å². The Morgan fingerprint density at radius 3 is 2.62 bits per heavy atom. The second-order valence-corrected chi connectivity index (χ2v) is 3.52. The van der Waals surface area contributed by atoms with Crippen LogP contribution >= 0.6 is 0 Å². The molecule has 1 aromatic heterocycles. The smallest absolute Gasteiger partial charge is 0.339 e. The molecule has 1 heterocycles. The van der Waals surface area contributed by atoms with Crippen LogP contribution in [0.4, 0.5) is 0 Å². The van der Waals surface area contributed by atoms with Crippen LogP contribution in [0.15, 0.2) is 15.3 Å². The molecule has 0 aliphatic rings. The standard InChI is InChI=1S/C11H16O5/c1-4-7(12)11(14)10-6(2)16-9(13)5-8(10)15-3/h5,7,11-12,14H,4H2,1-3H3/t7-,11-/m0/s1. The molecule has 0 fully saturated rings. The molecule has 0 aliphatic carbocycles. The van der Waals surface area contributed by atoms with Gasteiger partial charge in [0.2, 0.25) is 0 Å². The molecule has 5 heteroatoms. The average molecular weight is 228 g/mol. The molecule has 2 N–H and O–H groups in total. The predicted molar refractivity (Wildman–Crippen MR) is 57.5 cm³/mol. The lowest BCUT2D eigenvalue weighted by atomic mass is 10.0. The van der Waals surface area contributed by atoms with Crippen LogP contribution in [-0.2, 0) is 0 Å². The van der Waals surface area contributed by atoms with Gasteiger partial charge in [-0.25, -0.2) is 4.79 Å². The van der Waals surface area contributed by atoms with E-state index < -0.39 is 17.8 Å². The highest BCUT2D eigenvalue weighted by atomic mass is 16.5. The maximum Gasteiger partial charge on any atom is 0.339 e. The molecule has 0 radical (unpaired) electrons. The largest absolute Gasteiger partial charge is 0.496 e. The maximum atomic E-state index is 11.1. The number of ether oxygens (including phenoxy) is 1. The predicted octanol–water partition coefficient (Wildman–Crippen LogP) is 0.761. The quantitative estimate of drug-likeness (QED) is 0.795. The lowest BCUT2D eigenvalue weighted by molar-refractivity contribution is 0.0132. The Labute approximate surface area is 93.3 Å². The van der Waals surface area contributed by atoms with Gasteiger partial charge in [0.25, 0.3) is 0 Å². The van der Waals surface area contributed by atoms with Gasteiger partial charge in [-0.15, -0.1) is 0 Å². The number of aryl methyl sites for hydroxylation is 1. The number of rotatable bonds is 4. The Morgan fingerprint density at radius 2 is 2.12 bits per heavy atom. The Balaban J connectivity index is 3.26. The molecular formula is C11H16O5. The van der Waals surface area contributed by atoms with E-state index in [2.05, 4.69) is 0 Å². The first kappa shape index (κ1) is 12.7. The minimum Gasteiger partial charge on any atom is -0.496 e. The molecule has 90 valence electrons. The van der Waals surface area contributed by atoms with Crippen molar-refractivity contribution in [1.82, 2.24) is 0 Å². The molecule has 16 heavy (non-hydrogen) atoms. The molecule has 5 nitrogen and oxygen atoms in total. The summed E-state index contributed by atoms with van der Waals surface area (Å²) in [6.07, 6.45) is -1.65. The van der Waals surface area contributed by atoms with Crippen LogP contribution in [0.25, 0.3) is 0 Å². The molecule has 0 saturated carbocycles. The third kappa shape index (κ3) is 2.43. The van der Waals surface area contributed by atoms with Crippen LogP contribution in [0, 0.1) is 6.92 Å². The van der Waals surface area contributed by atoms with Gasteiger partial charge in [0, 0.05) is 0 Å². The fourth-order valence-corrected chi connectivity index (χ4v) is 1.53. The number of aliphatic hydroxyl groups excluding tert-OH is 2. The molecule has 1 aromatic rings. The van der Waals surface area contributed by atoms with Gasteiger partial charge >= 0.3 is 5.63 Å². The highest BCUT2D eigenvalue weighted by Crippen LogP contribution is 2.29. The number of methoxy groups -OCH3 is 1. The highest BCUT2D eigenvalue weighted by Gasteiger charge is 2.24. The van der Waals surface area contributed by atoms with Crippen LogP contribution in [-0.4, -0.2) is 23.4 Å². The van der Waals surface area contributed by atoms with Crippen molar-refractivity contribution in [2.75, 3.05) is 7.11 Å². The van der Waals surface area contributed by atoms with Crippen LogP contribution < -0.4 is 10.4 Å². The SMILES string of the molecule is CC[C@H](O)[C@H](O)c1c(OC)cc(=O)oc1C. The molecule has 0 aliphatic heterocycles. The normalized spacial score (nSPS) is 14.6. The van der Waals surface area contributed by atoms with Crippen molar-refractivity contribution in [2.24, 2.45) is 0 Å². The molecule has 2 atom stereocenters. The van der Waals surface area contributed by atoms with Crippen molar-refractivity contribution in [1.29, 1.82) is 0 Å². The first-order valence-electron chi connectivity index (χ1n) is 5.06. The van der Waals surface area contributed by atoms with Crippen molar-refractivity contribution in [3.05, 3.63) is 27.8 Å². The lowest BCUT2D eigenvalue weighted by Gasteiger charge is -2.19. The van der Waals surface area contributed by atoms with Crippen molar-refractivity contribution < 1.29 is 19.4 Å². The molecule has 1 rings (SSSR count). The molecular weight excluding hydrogens is 212 g/mol. The van der Waals surface area contributed by atoms with Gasteiger partial charge in [-0.05, 0) is 13.3 Å². The topological polar surface area (TPSA) is 79.9 Å². The van der Waals surface area contributed by atoms with Gasteiger partial charge in [-0.3, -0.25) is 0 Å². The van der Waals surface area contributed by atoms with E-state index in [-0.39, 0.29) is 11.5 Å². The summed E-state index contributed by atoms with van der Waals surface area (Å²) in [6, 6.07) is 1.15. The van der Waals surface area contributed by atoms with E-state index in [9.17, 15) is 15.0 Å². The van der Waals surface area contributed by atoms with E-state index in [1.54, 1.807) is 13.8 Å². The second kappa shape index (κ2) is 5.14. The summed E-state index contributed by atoms with van der Waals surface area (Å²) in [5.41, 5.74) is -0.229. The zero-order valence-electron chi connectivity index (χ0n) is 9.56. The van der Waals surface area contributed by atoms with E-state index in [0.29, 0.717) is 12.0 Å². The van der Waals surface area contributed by atoms with E-state index in [4.69, 9.17) is 9.15 Å². The third-order valence-electron chi connectivity index (χ3n) is 2.45. The van der Waals surface area contributed by atoms with Crippen LogP contribution in [0.1, 0.15) is 30.8 Å². The van der Waals surface area contributed by atoms with Gasteiger partial charge in [-0.1, -0.05) is 6.92 Å². The fraction of sp³-hybridized carbons (Fsp3) is 0.545. The van der Waals surface area contributed by atoms with Gasteiger partial charge in [-0.2, -0.15) is 0 Å².